The first-order valence-electron chi connectivity index (χ1n) is 13.8. The van der Waals surface area contributed by atoms with Crippen molar-refractivity contribution < 1.29 is 4.74 Å². The molecule has 0 amide bonds. The standard InChI is InChI=1S/C31H32ClN7O2/c1-19(2)39-29-21(16-26(30(39)40)25-9-4-20(17-27(25)32)28-12-15-35-38(28)3)18-34-31(37-29)36-22-5-7-23(8-6-22)41-24-10-13-33-14-11-24/h4-9,12,15-19,24,33H,10-11,13-14H2,1-3H3,(H,34,36,37). The van der Waals surface area contributed by atoms with Crippen LogP contribution in [0.4, 0.5) is 11.6 Å². The van der Waals surface area contributed by atoms with E-state index in [9.17, 15) is 4.79 Å². The molecule has 2 N–H and O–H groups in total. The Morgan fingerprint density at radius 2 is 1.83 bits per heavy atom. The Labute approximate surface area is 243 Å². The Morgan fingerprint density at radius 3 is 2.51 bits per heavy atom. The molecule has 0 atom stereocenters. The van der Waals surface area contributed by atoms with Gasteiger partial charge in [0.2, 0.25) is 5.95 Å². The van der Waals surface area contributed by atoms with Gasteiger partial charge in [0.05, 0.1) is 5.69 Å². The molecule has 0 radical (unpaired) electrons. The molecule has 3 aromatic heterocycles. The second kappa shape index (κ2) is 11.3. The van der Waals surface area contributed by atoms with Crippen LogP contribution in [0.15, 0.2) is 71.8 Å². The molecule has 2 aromatic carbocycles. The maximum atomic E-state index is 13.8. The van der Waals surface area contributed by atoms with Crippen molar-refractivity contribution in [2.24, 2.45) is 7.05 Å². The Hall–Kier alpha value is -4.21. The summed E-state index contributed by atoms with van der Waals surface area (Å²) < 4.78 is 9.59. The molecule has 0 aliphatic carbocycles. The second-order valence-corrected chi connectivity index (χ2v) is 11.0. The second-order valence-electron chi connectivity index (χ2n) is 10.6. The highest BCUT2D eigenvalue weighted by Crippen LogP contribution is 2.32. The van der Waals surface area contributed by atoms with Crippen LogP contribution in [0.5, 0.6) is 5.75 Å². The number of hydrogen-bond donors (Lipinski definition) is 2. The maximum absolute atomic E-state index is 13.8. The summed E-state index contributed by atoms with van der Waals surface area (Å²) in [6.45, 7) is 5.90. The fourth-order valence-corrected chi connectivity index (χ4v) is 5.54. The first-order chi connectivity index (χ1) is 19.9. The number of aromatic nitrogens is 5. The summed E-state index contributed by atoms with van der Waals surface area (Å²) in [4.78, 5) is 23.1. The molecular weight excluding hydrogens is 538 g/mol. The number of rotatable bonds is 7. The molecule has 0 unspecified atom stereocenters. The van der Waals surface area contributed by atoms with Crippen molar-refractivity contribution in [1.82, 2.24) is 29.6 Å². The number of ether oxygens (including phenoxy) is 1. The number of hydrogen-bond acceptors (Lipinski definition) is 7. The highest BCUT2D eigenvalue weighted by molar-refractivity contribution is 6.33. The number of nitrogens with one attached hydrogen (secondary N) is 2. The zero-order valence-corrected chi connectivity index (χ0v) is 24.0. The number of nitrogens with zero attached hydrogens (tertiary/aromatic N) is 5. The Balaban J connectivity index is 1.30. The lowest BCUT2D eigenvalue weighted by Gasteiger charge is -2.23. The molecule has 1 saturated heterocycles. The minimum atomic E-state index is -0.160. The van der Waals surface area contributed by atoms with Crippen molar-refractivity contribution in [3.63, 3.8) is 0 Å². The molecule has 1 aliphatic heterocycles. The van der Waals surface area contributed by atoms with E-state index in [0.29, 0.717) is 27.7 Å². The van der Waals surface area contributed by atoms with E-state index in [1.807, 2.05) is 75.5 Å². The molecule has 0 bridgehead atoms. The van der Waals surface area contributed by atoms with Gasteiger partial charge in [-0.2, -0.15) is 10.1 Å². The minimum Gasteiger partial charge on any atom is -0.490 e. The van der Waals surface area contributed by atoms with Crippen LogP contribution in [0.1, 0.15) is 32.7 Å². The van der Waals surface area contributed by atoms with Gasteiger partial charge in [-0.1, -0.05) is 23.7 Å². The van der Waals surface area contributed by atoms with Gasteiger partial charge in [0.1, 0.15) is 17.5 Å². The molecule has 10 heteroatoms. The van der Waals surface area contributed by atoms with E-state index in [-0.39, 0.29) is 17.7 Å². The van der Waals surface area contributed by atoms with E-state index in [0.717, 1.165) is 54.0 Å². The lowest BCUT2D eigenvalue weighted by atomic mass is 10.0. The van der Waals surface area contributed by atoms with Crippen LogP contribution < -0.4 is 20.9 Å². The summed E-state index contributed by atoms with van der Waals surface area (Å²) >= 11 is 6.74. The van der Waals surface area contributed by atoms with E-state index < -0.39 is 0 Å². The van der Waals surface area contributed by atoms with Gasteiger partial charge < -0.3 is 15.4 Å². The van der Waals surface area contributed by atoms with Crippen LogP contribution in [0.2, 0.25) is 5.02 Å². The first-order valence-corrected chi connectivity index (χ1v) is 14.2. The zero-order valence-electron chi connectivity index (χ0n) is 23.3. The van der Waals surface area contributed by atoms with Crippen LogP contribution in [0, 0.1) is 0 Å². The SMILES string of the molecule is CC(C)n1c(=O)c(-c2ccc(-c3ccnn3C)cc2Cl)cc2cnc(Nc3ccc(OC4CCNCC4)cc3)nc21. The fraction of sp³-hybridized carbons (Fsp3) is 0.290. The number of piperidine rings is 1. The van der Waals surface area contributed by atoms with E-state index in [2.05, 4.69) is 20.7 Å². The molecular formula is C31H32ClN7O2. The fourth-order valence-electron chi connectivity index (χ4n) is 5.25. The lowest BCUT2D eigenvalue weighted by molar-refractivity contribution is 0.162. The van der Waals surface area contributed by atoms with Gasteiger partial charge in [0.15, 0.2) is 0 Å². The van der Waals surface area contributed by atoms with Gasteiger partial charge in [-0.25, -0.2) is 4.98 Å². The van der Waals surface area contributed by atoms with Crippen LogP contribution >= 0.6 is 11.6 Å². The summed E-state index contributed by atoms with van der Waals surface area (Å²) in [5, 5.41) is 12.1. The average molecular weight is 570 g/mol. The third-order valence-electron chi connectivity index (χ3n) is 7.36. The minimum absolute atomic E-state index is 0.133. The number of fused-ring (bicyclic) bond motifs is 1. The number of anilines is 2. The van der Waals surface area contributed by atoms with Crippen molar-refractivity contribution in [3.8, 4) is 28.1 Å². The smallest absolute Gasteiger partial charge is 0.260 e. The normalized spacial score (nSPS) is 14.1. The molecule has 41 heavy (non-hydrogen) atoms. The number of pyridine rings is 1. The van der Waals surface area contributed by atoms with Crippen LogP contribution in [0.3, 0.4) is 0 Å². The van der Waals surface area contributed by atoms with Gasteiger partial charge in [-0.05, 0) is 82.2 Å². The highest BCUT2D eigenvalue weighted by Gasteiger charge is 2.18. The summed E-state index contributed by atoms with van der Waals surface area (Å²) in [5.41, 5.74) is 4.25. The Bertz CT molecular complexity index is 1760. The third-order valence-corrected chi connectivity index (χ3v) is 7.68. The van der Waals surface area contributed by atoms with Gasteiger partial charge in [-0.15, -0.1) is 0 Å². The van der Waals surface area contributed by atoms with Crippen molar-refractivity contribution in [2.75, 3.05) is 18.4 Å². The number of halogens is 1. The summed E-state index contributed by atoms with van der Waals surface area (Å²) in [6.07, 6.45) is 5.73. The predicted octanol–water partition coefficient (Wildman–Crippen LogP) is 5.97. The largest absolute Gasteiger partial charge is 0.490 e. The van der Waals surface area contributed by atoms with Crippen molar-refractivity contribution in [2.45, 2.75) is 38.8 Å². The zero-order chi connectivity index (χ0) is 28.5. The number of benzene rings is 2. The van der Waals surface area contributed by atoms with Crippen molar-refractivity contribution >= 4 is 34.3 Å². The molecule has 4 heterocycles. The van der Waals surface area contributed by atoms with Gasteiger partial charge >= 0.3 is 0 Å². The van der Waals surface area contributed by atoms with Crippen LogP contribution in [0.25, 0.3) is 33.4 Å². The van der Waals surface area contributed by atoms with Crippen LogP contribution in [-0.2, 0) is 7.05 Å². The van der Waals surface area contributed by atoms with Gasteiger partial charge in [-0.3, -0.25) is 14.0 Å². The van der Waals surface area contributed by atoms with E-state index in [4.69, 9.17) is 21.3 Å². The van der Waals surface area contributed by atoms with Crippen LogP contribution in [-0.4, -0.2) is 43.5 Å². The molecule has 210 valence electrons. The topological polar surface area (TPSA) is 98.9 Å². The van der Waals surface area contributed by atoms with E-state index >= 15 is 0 Å². The Morgan fingerprint density at radius 1 is 1.05 bits per heavy atom. The molecule has 1 aliphatic rings. The summed E-state index contributed by atoms with van der Waals surface area (Å²) in [6, 6.07) is 17.1. The van der Waals surface area contributed by atoms with Crippen molar-refractivity contribution in [1.29, 1.82) is 0 Å². The van der Waals surface area contributed by atoms with Crippen molar-refractivity contribution in [3.05, 3.63) is 82.4 Å². The molecule has 0 spiro atoms. The number of aryl methyl sites for hydroxylation is 1. The predicted molar refractivity (Wildman–Crippen MR) is 163 cm³/mol. The highest BCUT2D eigenvalue weighted by atomic mass is 35.5. The first kappa shape index (κ1) is 27.0. The monoisotopic (exact) mass is 569 g/mol. The van der Waals surface area contributed by atoms with E-state index in [1.54, 1.807) is 21.6 Å². The molecule has 0 saturated carbocycles. The molecule has 9 nitrogen and oxygen atoms in total. The lowest BCUT2D eigenvalue weighted by Crippen LogP contribution is -2.34. The van der Waals surface area contributed by atoms with Gasteiger partial charge in [0.25, 0.3) is 5.56 Å². The molecule has 6 rings (SSSR count). The quantitative estimate of drug-likeness (QED) is 0.249. The third kappa shape index (κ3) is 5.55. The van der Waals surface area contributed by atoms with Gasteiger partial charge in [0, 0.05) is 58.3 Å². The molecule has 5 aromatic rings. The summed E-state index contributed by atoms with van der Waals surface area (Å²) in [7, 11) is 1.88. The summed E-state index contributed by atoms with van der Waals surface area (Å²) in [5.74, 6) is 1.25. The maximum Gasteiger partial charge on any atom is 0.260 e. The van der Waals surface area contributed by atoms with E-state index in [1.165, 1.54) is 0 Å². The Kier molecular flexibility index (Phi) is 7.47. The average Bonchev–Trinajstić information content (AvgIpc) is 3.40. The molecule has 1 fully saturated rings.